The summed E-state index contributed by atoms with van der Waals surface area (Å²) < 4.78 is 28.6. The first-order chi connectivity index (χ1) is 16.3. The van der Waals surface area contributed by atoms with Crippen LogP contribution >= 0.6 is 11.3 Å². The third kappa shape index (κ3) is 4.58. The van der Waals surface area contributed by atoms with Crippen molar-refractivity contribution < 1.29 is 13.6 Å². The van der Waals surface area contributed by atoms with Gasteiger partial charge in [0, 0.05) is 41.9 Å². The van der Waals surface area contributed by atoms with E-state index in [-0.39, 0.29) is 23.4 Å². The van der Waals surface area contributed by atoms with E-state index in [4.69, 9.17) is 11.6 Å². The van der Waals surface area contributed by atoms with Crippen LogP contribution in [0.2, 0.25) is 0 Å². The second-order valence-corrected chi connectivity index (χ2v) is 8.71. The zero-order valence-electron chi connectivity index (χ0n) is 18.4. The van der Waals surface area contributed by atoms with Gasteiger partial charge in [0.25, 0.3) is 12.3 Å². The molecule has 0 bridgehead atoms. The molecule has 5 N–H and O–H groups in total. The highest BCUT2D eigenvalue weighted by atomic mass is 32.1. The largest absolute Gasteiger partial charge is 0.403 e. The molecular weight excluding hydrogens is 462 g/mol. The molecular formula is C22H22F2N8OS. The second kappa shape index (κ2) is 9.53. The van der Waals surface area contributed by atoms with Crippen LogP contribution in [0, 0.1) is 13.8 Å². The molecule has 4 heterocycles. The van der Waals surface area contributed by atoms with Gasteiger partial charge in [0.15, 0.2) is 5.65 Å². The Balaban J connectivity index is 1.77. The van der Waals surface area contributed by atoms with Crippen molar-refractivity contribution in [2.24, 2.45) is 11.6 Å². The maximum absolute atomic E-state index is 13.5. The first kappa shape index (κ1) is 23.3. The number of nitrogens with zero attached hydrogens (tertiary/aromatic N) is 5. The van der Waals surface area contributed by atoms with Gasteiger partial charge in [-0.25, -0.2) is 24.6 Å². The van der Waals surface area contributed by atoms with Gasteiger partial charge in [0.05, 0.1) is 11.8 Å². The van der Waals surface area contributed by atoms with E-state index >= 15 is 0 Å². The number of nitrogens with two attached hydrogens (primary N) is 2. The number of carbonyl (C=O) groups excluding carboxylic acids is 1. The average molecular weight is 485 g/mol. The van der Waals surface area contributed by atoms with Gasteiger partial charge in [-0.3, -0.25) is 19.2 Å². The summed E-state index contributed by atoms with van der Waals surface area (Å²) in [5, 5.41) is 4.21. The number of alkyl halides is 2. The third-order valence-corrected chi connectivity index (χ3v) is 5.98. The van der Waals surface area contributed by atoms with Crippen LogP contribution < -0.4 is 21.9 Å². The second-order valence-electron chi connectivity index (χ2n) is 7.48. The van der Waals surface area contributed by atoms with Gasteiger partial charge in [-0.15, -0.1) is 11.3 Å². The van der Waals surface area contributed by atoms with Gasteiger partial charge >= 0.3 is 0 Å². The Kier molecular flexibility index (Phi) is 6.52. The van der Waals surface area contributed by atoms with Gasteiger partial charge in [-0.1, -0.05) is 6.07 Å². The molecule has 0 unspecified atom stereocenters. The Morgan fingerprint density at radius 2 is 2.03 bits per heavy atom. The minimum absolute atomic E-state index is 0.0844. The minimum Gasteiger partial charge on any atom is -0.403 e. The lowest BCUT2D eigenvalue weighted by atomic mass is 10.2. The molecule has 4 rings (SSSR count). The molecule has 0 atom stereocenters. The number of thiazole rings is 1. The van der Waals surface area contributed by atoms with E-state index in [1.165, 1.54) is 17.4 Å². The van der Waals surface area contributed by atoms with E-state index in [1.807, 2.05) is 26.0 Å². The summed E-state index contributed by atoms with van der Waals surface area (Å²) in [5.41, 5.74) is 7.58. The number of nitrogens with one attached hydrogen (secondary N) is 1. The number of fused-ring (bicyclic) bond motifs is 1. The molecule has 0 radical (unpaired) electrons. The molecule has 0 aliphatic carbocycles. The number of pyridine rings is 2. The Hall–Kier alpha value is -3.90. The van der Waals surface area contributed by atoms with E-state index in [0.717, 1.165) is 27.3 Å². The SMILES string of the molecule is Cc1ccc(CNC(=O)c2cc(N(N)/C(=C\N)C(F)F)c3ncc(-c4ncc(C)s4)n3c2)cn1. The summed E-state index contributed by atoms with van der Waals surface area (Å²) >= 11 is 1.44. The standard InChI is InChI=1S/C22H22F2N8OS/c1-12-3-4-14(8-27-12)9-29-21(33)15-5-16(32(26)17(6-25)19(23)24)20-28-10-18(31(20)11-15)22-30-7-13(2)34-22/h3-8,10-11,19H,9,25-26H2,1-2H3,(H,29,33)/b17-6-. The highest BCUT2D eigenvalue weighted by molar-refractivity contribution is 7.14. The number of anilines is 1. The number of halogens is 2. The topological polar surface area (TPSA) is 127 Å². The summed E-state index contributed by atoms with van der Waals surface area (Å²) in [6, 6.07) is 5.10. The smallest absolute Gasteiger partial charge is 0.281 e. The molecule has 4 aromatic rings. The number of amides is 1. The highest BCUT2D eigenvalue weighted by Gasteiger charge is 2.24. The van der Waals surface area contributed by atoms with Crippen LogP contribution in [-0.2, 0) is 6.54 Å². The molecule has 176 valence electrons. The van der Waals surface area contributed by atoms with E-state index in [1.54, 1.807) is 29.2 Å². The van der Waals surface area contributed by atoms with Crippen LogP contribution in [0.4, 0.5) is 14.5 Å². The lowest BCUT2D eigenvalue weighted by Crippen LogP contribution is -2.35. The zero-order chi connectivity index (χ0) is 24.4. The minimum atomic E-state index is -2.93. The fraction of sp³-hybridized carbons (Fsp3) is 0.182. The molecule has 0 fully saturated rings. The first-order valence-electron chi connectivity index (χ1n) is 10.2. The Bertz CT molecular complexity index is 1360. The van der Waals surface area contributed by atoms with Crippen molar-refractivity contribution in [3.05, 3.63) is 76.6 Å². The average Bonchev–Trinajstić information content (AvgIpc) is 3.43. The Morgan fingerprint density at radius 1 is 1.24 bits per heavy atom. The van der Waals surface area contributed by atoms with E-state index in [9.17, 15) is 13.6 Å². The molecule has 0 aliphatic heterocycles. The van der Waals surface area contributed by atoms with Crippen LogP contribution in [0.25, 0.3) is 16.3 Å². The molecule has 9 nitrogen and oxygen atoms in total. The lowest BCUT2D eigenvalue weighted by molar-refractivity contribution is 0.0950. The van der Waals surface area contributed by atoms with Crippen molar-refractivity contribution in [3.8, 4) is 10.7 Å². The summed E-state index contributed by atoms with van der Waals surface area (Å²) in [7, 11) is 0. The van der Waals surface area contributed by atoms with Crippen molar-refractivity contribution in [3.63, 3.8) is 0 Å². The number of rotatable bonds is 7. The molecule has 0 saturated carbocycles. The lowest BCUT2D eigenvalue weighted by Gasteiger charge is -2.22. The summed E-state index contributed by atoms with van der Waals surface area (Å²) in [5.74, 6) is 5.59. The van der Waals surface area contributed by atoms with Crippen LogP contribution in [-0.4, -0.2) is 31.7 Å². The summed E-state index contributed by atoms with van der Waals surface area (Å²) in [6.45, 7) is 4.02. The number of hydrogen-bond acceptors (Lipinski definition) is 8. The maximum Gasteiger partial charge on any atom is 0.281 e. The maximum atomic E-state index is 13.5. The number of hydrogen-bond donors (Lipinski definition) is 3. The van der Waals surface area contributed by atoms with Crippen molar-refractivity contribution >= 4 is 28.6 Å². The van der Waals surface area contributed by atoms with Crippen LogP contribution in [0.5, 0.6) is 0 Å². The molecule has 0 spiro atoms. The number of aryl methyl sites for hydroxylation is 2. The predicted molar refractivity (Wildman–Crippen MR) is 126 cm³/mol. The van der Waals surface area contributed by atoms with Crippen LogP contribution in [0.3, 0.4) is 0 Å². The third-order valence-electron chi connectivity index (χ3n) is 5.05. The van der Waals surface area contributed by atoms with Gasteiger partial charge in [-0.05, 0) is 31.5 Å². The molecule has 4 aromatic heterocycles. The number of imidazole rings is 1. The molecule has 1 amide bonds. The van der Waals surface area contributed by atoms with E-state index in [0.29, 0.717) is 10.7 Å². The Labute approximate surface area is 197 Å². The fourth-order valence-electron chi connectivity index (χ4n) is 3.29. The van der Waals surface area contributed by atoms with Crippen LogP contribution in [0.1, 0.15) is 26.5 Å². The number of hydrazine groups is 1. The summed E-state index contributed by atoms with van der Waals surface area (Å²) in [4.78, 5) is 27.0. The van der Waals surface area contributed by atoms with Crippen LogP contribution in [0.15, 0.2) is 54.9 Å². The van der Waals surface area contributed by atoms with Gasteiger partial charge < -0.3 is 11.1 Å². The van der Waals surface area contributed by atoms with Gasteiger partial charge in [0.2, 0.25) is 0 Å². The fourth-order valence-corrected chi connectivity index (χ4v) is 4.06. The Morgan fingerprint density at radius 3 is 2.65 bits per heavy atom. The monoisotopic (exact) mass is 484 g/mol. The van der Waals surface area contributed by atoms with Crippen molar-refractivity contribution in [1.29, 1.82) is 0 Å². The number of aromatic nitrogens is 4. The van der Waals surface area contributed by atoms with Crippen molar-refractivity contribution in [2.75, 3.05) is 5.01 Å². The predicted octanol–water partition coefficient (Wildman–Crippen LogP) is 3.14. The highest BCUT2D eigenvalue weighted by Crippen LogP contribution is 2.31. The van der Waals surface area contributed by atoms with Crippen molar-refractivity contribution in [2.45, 2.75) is 26.8 Å². The summed E-state index contributed by atoms with van der Waals surface area (Å²) in [6.07, 6.45) is 4.31. The van der Waals surface area contributed by atoms with Gasteiger partial charge in [-0.2, -0.15) is 0 Å². The van der Waals surface area contributed by atoms with E-state index in [2.05, 4.69) is 20.3 Å². The molecule has 34 heavy (non-hydrogen) atoms. The first-order valence-corrected chi connectivity index (χ1v) is 11.0. The van der Waals surface area contributed by atoms with E-state index < -0.39 is 18.0 Å². The normalized spacial score (nSPS) is 11.9. The molecule has 0 aliphatic rings. The molecule has 12 heteroatoms. The quantitative estimate of drug-likeness (QED) is 0.272. The number of allylic oxidation sites excluding steroid dienone is 1. The molecule has 0 aromatic carbocycles. The number of carbonyl (C=O) groups is 1. The molecule has 0 saturated heterocycles. The van der Waals surface area contributed by atoms with Gasteiger partial charge in [0.1, 0.15) is 22.1 Å². The zero-order valence-corrected chi connectivity index (χ0v) is 19.2. The van der Waals surface area contributed by atoms with Crippen molar-refractivity contribution in [1.82, 2.24) is 24.7 Å².